The van der Waals surface area contributed by atoms with E-state index in [4.69, 9.17) is 4.74 Å². The molecule has 1 rings (SSSR count). The van der Waals surface area contributed by atoms with Crippen molar-refractivity contribution in [2.24, 2.45) is 0 Å². The summed E-state index contributed by atoms with van der Waals surface area (Å²) in [5.41, 5.74) is 0.757. The molecule has 0 saturated carbocycles. The van der Waals surface area contributed by atoms with E-state index in [-0.39, 0.29) is 6.54 Å². The average Bonchev–Trinajstić information content (AvgIpc) is 2.38. The lowest BCUT2D eigenvalue weighted by Crippen LogP contribution is -2.32. The molecule has 0 unspecified atom stereocenters. The average molecular weight is 316 g/mol. The smallest absolute Gasteiger partial charge is 0.406 e. The third-order valence-corrected chi connectivity index (χ3v) is 2.87. The van der Waals surface area contributed by atoms with Crippen molar-refractivity contribution >= 4 is 28.0 Å². The number of halogens is 1. The van der Waals surface area contributed by atoms with Crippen molar-refractivity contribution in [2.75, 3.05) is 20.8 Å². The van der Waals surface area contributed by atoms with Crippen LogP contribution in [0.1, 0.15) is 11.5 Å². The Bertz CT molecular complexity index is 436. The first-order chi connectivity index (χ1) is 8.58. The van der Waals surface area contributed by atoms with Gasteiger partial charge in [0.25, 0.3) is 0 Å². The van der Waals surface area contributed by atoms with Crippen LogP contribution in [0, 0.1) is 0 Å². The number of amides is 1. The number of methoxy groups -OCH3 is 2. The van der Waals surface area contributed by atoms with Crippen molar-refractivity contribution in [3.05, 3.63) is 34.3 Å². The van der Waals surface area contributed by atoms with Crippen LogP contribution < -0.4 is 5.32 Å². The largest absolute Gasteiger partial charge is 0.468 e. The second-order valence-corrected chi connectivity index (χ2v) is 4.42. The number of nitrogens with one attached hydrogen (secondary N) is 1. The van der Waals surface area contributed by atoms with E-state index in [0.717, 1.165) is 10.0 Å². The van der Waals surface area contributed by atoms with Crippen LogP contribution in [-0.4, -0.2) is 32.8 Å². The highest BCUT2D eigenvalue weighted by Crippen LogP contribution is 2.20. The molecular formula is C12H14BrNO4. The van der Waals surface area contributed by atoms with E-state index in [1.807, 2.05) is 12.1 Å². The lowest BCUT2D eigenvalue weighted by atomic mass is 9.99. The van der Waals surface area contributed by atoms with Gasteiger partial charge in [0.2, 0.25) is 0 Å². The van der Waals surface area contributed by atoms with Gasteiger partial charge in [-0.25, -0.2) is 4.79 Å². The zero-order chi connectivity index (χ0) is 13.5. The number of carbonyl (C=O) groups is 2. The van der Waals surface area contributed by atoms with Gasteiger partial charge in [-0.05, 0) is 17.7 Å². The van der Waals surface area contributed by atoms with Crippen molar-refractivity contribution in [2.45, 2.75) is 5.92 Å². The molecule has 0 heterocycles. The van der Waals surface area contributed by atoms with Gasteiger partial charge < -0.3 is 14.8 Å². The maximum atomic E-state index is 11.7. The molecule has 1 aromatic rings. The Morgan fingerprint density at radius 1 is 1.33 bits per heavy atom. The molecule has 0 radical (unpaired) electrons. The Morgan fingerprint density at radius 2 is 2.06 bits per heavy atom. The van der Waals surface area contributed by atoms with E-state index in [1.165, 1.54) is 14.2 Å². The molecule has 1 atom stereocenters. The molecule has 0 aliphatic heterocycles. The highest BCUT2D eigenvalue weighted by atomic mass is 79.9. The minimum absolute atomic E-state index is 0.121. The number of alkyl carbamates (subject to hydrolysis) is 1. The highest BCUT2D eigenvalue weighted by Gasteiger charge is 2.22. The third-order valence-electron chi connectivity index (χ3n) is 2.37. The molecule has 0 aromatic heterocycles. The van der Waals surface area contributed by atoms with Gasteiger partial charge in [-0.1, -0.05) is 28.1 Å². The molecule has 0 aliphatic rings. The summed E-state index contributed by atoms with van der Waals surface area (Å²) in [7, 11) is 2.58. The van der Waals surface area contributed by atoms with E-state index in [1.54, 1.807) is 12.1 Å². The number of benzene rings is 1. The van der Waals surface area contributed by atoms with E-state index in [0.29, 0.717) is 0 Å². The van der Waals surface area contributed by atoms with Crippen LogP contribution in [0.2, 0.25) is 0 Å². The number of carbonyl (C=O) groups excluding carboxylic acids is 2. The fourth-order valence-corrected chi connectivity index (χ4v) is 1.88. The van der Waals surface area contributed by atoms with Gasteiger partial charge in [-0.2, -0.15) is 0 Å². The van der Waals surface area contributed by atoms with Crippen molar-refractivity contribution in [3.8, 4) is 0 Å². The van der Waals surface area contributed by atoms with Gasteiger partial charge in [0.15, 0.2) is 0 Å². The first kappa shape index (κ1) is 14.5. The summed E-state index contributed by atoms with van der Waals surface area (Å²) < 4.78 is 10.0. The summed E-state index contributed by atoms with van der Waals surface area (Å²) in [5.74, 6) is -0.976. The molecule has 0 fully saturated rings. The molecule has 1 aromatic carbocycles. The van der Waals surface area contributed by atoms with Crippen LogP contribution in [-0.2, 0) is 14.3 Å². The van der Waals surface area contributed by atoms with E-state index in [9.17, 15) is 9.59 Å². The monoisotopic (exact) mass is 315 g/mol. The molecular weight excluding hydrogens is 302 g/mol. The number of hydrogen-bond donors (Lipinski definition) is 1. The summed E-state index contributed by atoms with van der Waals surface area (Å²) in [6.45, 7) is 0.121. The summed E-state index contributed by atoms with van der Waals surface area (Å²) >= 11 is 3.33. The SMILES string of the molecule is COC(=O)NC[C@@H](C(=O)OC)c1cccc(Br)c1. The van der Waals surface area contributed by atoms with Crippen LogP contribution in [0.15, 0.2) is 28.7 Å². The van der Waals surface area contributed by atoms with Gasteiger partial charge >= 0.3 is 12.1 Å². The molecule has 1 N–H and O–H groups in total. The number of esters is 1. The topological polar surface area (TPSA) is 64.6 Å². The predicted octanol–water partition coefficient (Wildman–Crippen LogP) is 2.06. The van der Waals surface area contributed by atoms with Crippen molar-refractivity contribution in [1.82, 2.24) is 5.32 Å². The Kier molecular flexibility index (Phi) is 5.64. The highest BCUT2D eigenvalue weighted by molar-refractivity contribution is 9.10. The van der Waals surface area contributed by atoms with Gasteiger partial charge in [-0.15, -0.1) is 0 Å². The molecule has 6 heteroatoms. The quantitative estimate of drug-likeness (QED) is 0.864. The van der Waals surface area contributed by atoms with Crippen molar-refractivity contribution in [3.63, 3.8) is 0 Å². The van der Waals surface area contributed by atoms with E-state index < -0.39 is 18.0 Å². The first-order valence-corrected chi connectivity index (χ1v) is 6.03. The standard InChI is InChI=1S/C12H14BrNO4/c1-17-11(15)10(7-14-12(16)18-2)8-4-3-5-9(13)6-8/h3-6,10H,7H2,1-2H3,(H,14,16)/t10-/m1/s1. The minimum atomic E-state index is -0.584. The van der Waals surface area contributed by atoms with Crippen LogP contribution >= 0.6 is 15.9 Å². The lowest BCUT2D eigenvalue weighted by molar-refractivity contribution is -0.142. The predicted molar refractivity (Wildman–Crippen MR) is 69.3 cm³/mol. The molecule has 18 heavy (non-hydrogen) atoms. The summed E-state index contributed by atoms with van der Waals surface area (Å²) in [4.78, 5) is 22.7. The molecule has 0 aliphatic carbocycles. The lowest BCUT2D eigenvalue weighted by Gasteiger charge is -2.15. The maximum absolute atomic E-state index is 11.7. The first-order valence-electron chi connectivity index (χ1n) is 5.23. The normalized spacial score (nSPS) is 11.5. The van der Waals surface area contributed by atoms with Gasteiger partial charge in [0, 0.05) is 11.0 Å². The Hall–Kier alpha value is -1.56. The van der Waals surface area contributed by atoms with Gasteiger partial charge in [0.1, 0.15) is 0 Å². The Balaban J connectivity index is 2.85. The second-order valence-electron chi connectivity index (χ2n) is 3.50. The molecule has 0 saturated heterocycles. The Labute approximate surface area is 114 Å². The second kappa shape index (κ2) is 7.00. The molecule has 98 valence electrons. The fourth-order valence-electron chi connectivity index (χ4n) is 1.46. The van der Waals surface area contributed by atoms with Gasteiger partial charge in [-0.3, -0.25) is 4.79 Å². The Morgan fingerprint density at radius 3 is 2.61 bits per heavy atom. The molecule has 1 amide bonds. The number of hydrogen-bond acceptors (Lipinski definition) is 4. The summed E-state index contributed by atoms with van der Waals surface area (Å²) in [6, 6.07) is 7.27. The zero-order valence-corrected chi connectivity index (χ0v) is 11.7. The third kappa shape index (κ3) is 4.03. The molecule has 0 bridgehead atoms. The van der Waals surface area contributed by atoms with E-state index in [2.05, 4.69) is 26.0 Å². The summed E-state index contributed by atoms with van der Waals surface area (Å²) in [6.07, 6.45) is -0.584. The molecule has 5 nitrogen and oxygen atoms in total. The molecule has 0 spiro atoms. The van der Waals surface area contributed by atoms with Crippen molar-refractivity contribution < 1.29 is 19.1 Å². The zero-order valence-electron chi connectivity index (χ0n) is 10.1. The fraction of sp³-hybridized carbons (Fsp3) is 0.333. The minimum Gasteiger partial charge on any atom is -0.468 e. The summed E-state index contributed by atoms with van der Waals surface area (Å²) in [5, 5.41) is 2.49. The van der Waals surface area contributed by atoms with Crippen LogP contribution in [0.4, 0.5) is 4.79 Å². The number of ether oxygens (including phenoxy) is 2. The van der Waals surface area contributed by atoms with Crippen LogP contribution in [0.5, 0.6) is 0 Å². The van der Waals surface area contributed by atoms with Gasteiger partial charge in [0.05, 0.1) is 20.1 Å². The maximum Gasteiger partial charge on any atom is 0.406 e. The van der Waals surface area contributed by atoms with Crippen LogP contribution in [0.25, 0.3) is 0 Å². The number of rotatable bonds is 4. The van der Waals surface area contributed by atoms with Crippen LogP contribution in [0.3, 0.4) is 0 Å². The van der Waals surface area contributed by atoms with E-state index >= 15 is 0 Å². The van der Waals surface area contributed by atoms with Crippen molar-refractivity contribution in [1.29, 1.82) is 0 Å².